The highest BCUT2D eigenvalue weighted by Gasteiger charge is 2.40. The van der Waals surface area contributed by atoms with E-state index in [4.69, 9.17) is 9.47 Å². The molecule has 0 spiro atoms. The summed E-state index contributed by atoms with van der Waals surface area (Å²) in [4.78, 5) is 25.5. The lowest BCUT2D eigenvalue weighted by atomic mass is 10.0. The SMILES string of the molecule is C[C@@H]1CN(CC(=O)N2c3cc(Cc4ccc(F)cc4)c(CO)nc3OC[C@@H]2C)[C@@H](CN2CCOC[C@@H]2C2CC2)CN1. The molecule has 1 amide bonds. The maximum absolute atomic E-state index is 14.1. The topological polar surface area (TPSA) is 90.4 Å². The Balaban J connectivity index is 1.22. The van der Waals surface area contributed by atoms with Crippen molar-refractivity contribution in [3.63, 3.8) is 0 Å². The van der Waals surface area contributed by atoms with Crippen LogP contribution >= 0.6 is 0 Å². The molecule has 4 heterocycles. The zero-order valence-corrected chi connectivity index (χ0v) is 24.1. The first kappa shape index (κ1) is 28.5. The van der Waals surface area contributed by atoms with E-state index >= 15 is 0 Å². The van der Waals surface area contributed by atoms with E-state index in [0.29, 0.717) is 48.9 Å². The summed E-state index contributed by atoms with van der Waals surface area (Å²) < 4.78 is 25.2. The van der Waals surface area contributed by atoms with Crippen LogP contribution in [0, 0.1) is 11.7 Å². The molecule has 1 aliphatic carbocycles. The number of amides is 1. The van der Waals surface area contributed by atoms with E-state index in [9.17, 15) is 14.3 Å². The smallest absolute Gasteiger partial charge is 0.241 e. The van der Waals surface area contributed by atoms with Gasteiger partial charge in [-0.2, -0.15) is 0 Å². The quantitative estimate of drug-likeness (QED) is 0.502. The number of fused-ring (bicyclic) bond motifs is 1. The van der Waals surface area contributed by atoms with Gasteiger partial charge in [0, 0.05) is 44.3 Å². The molecule has 4 atom stereocenters. The molecule has 1 aromatic carbocycles. The van der Waals surface area contributed by atoms with Gasteiger partial charge < -0.3 is 24.8 Å². The lowest BCUT2D eigenvalue weighted by Gasteiger charge is -2.45. The lowest BCUT2D eigenvalue weighted by Crippen LogP contribution is -2.63. The fourth-order valence-corrected chi connectivity index (χ4v) is 6.57. The van der Waals surface area contributed by atoms with Crippen molar-refractivity contribution in [1.82, 2.24) is 20.1 Å². The van der Waals surface area contributed by atoms with Gasteiger partial charge >= 0.3 is 0 Å². The molecule has 0 bridgehead atoms. The van der Waals surface area contributed by atoms with Crippen LogP contribution in [-0.4, -0.2) is 103 Å². The van der Waals surface area contributed by atoms with Crippen molar-refractivity contribution in [2.24, 2.45) is 5.92 Å². The number of aliphatic hydroxyl groups excluding tert-OH is 1. The van der Waals surface area contributed by atoms with Gasteiger partial charge in [-0.05, 0) is 68.4 Å². The highest BCUT2D eigenvalue weighted by Crippen LogP contribution is 2.37. The van der Waals surface area contributed by atoms with Gasteiger partial charge in [0.15, 0.2) is 0 Å². The van der Waals surface area contributed by atoms with Gasteiger partial charge in [-0.15, -0.1) is 0 Å². The van der Waals surface area contributed by atoms with Crippen LogP contribution in [-0.2, 0) is 22.6 Å². The van der Waals surface area contributed by atoms with Crippen molar-refractivity contribution in [3.05, 3.63) is 53.0 Å². The summed E-state index contributed by atoms with van der Waals surface area (Å²) in [5, 5.41) is 13.7. The Morgan fingerprint density at radius 2 is 1.98 bits per heavy atom. The number of nitrogens with one attached hydrogen (secondary N) is 1. The number of nitrogens with zero attached hydrogens (tertiary/aromatic N) is 4. The van der Waals surface area contributed by atoms with Crippen molar-refractivity contribution in [2.45, 2.75) is 63.9 Å². The summed E-state index contributed by atoms with van der Waals surface area (Å²) >= 11 is 0. The molecule has 0 unspecified atom stereocenters. The molecule has 41 heavy (non-hydrogen) atoms. The maximum Gasteiger partial charge on any atom is 0.241 e. The largest absolute Gasteiger partial charge is 0.474 e. The standard InChI is InChI=1S/C31H42FN5O4/c1-20-14-36(26(13-33-20)15-35-9-10-40-19-29(35)23-5-6-23)16-30(39)37-21(2)18-41-31-28(37)12-24(27(17-38)34-31)11-22-3-7-25(32)8-4-22/h3-4,7-8,12,20-21,23,26,29,33,38H,5-6,9-11,13-19H2,1-2H3/t20-,21+,26-,29-/m1/s1. The zero-order chi connectivity index (χ0) is 28.5. The Labute approximate surface area is 241 Å². The van der Waals surface area contributed by atoms with Crippen molar-refractivity contribution in [1.29, 1.82) is 0 Å². The Bertz CT molecular complexity index is 1230. The second kappa shape index (κ2) is 12.3. The highest BCUT2D eigenvalue weighted by atomic mass is 19.1. The van der Waals surface area contributed by atoms with Gasteiger partial charge in [0.25, 0.3) is 0 Å². The minimum atomic E-state index is -0.295. The fourth-order valence-electron chi connectivity index (χ4n) is 6.57. The number of halogens is 1. The summed E-state index contributed by atoms with van der Waals surface area (Å²) in [7, 11) is 0. The minimum absolute atomic E-state index is 0.0214. The number of anilines is 1. The van der Waals surface area contributed by atoms with Crippen LogP contribution in [0.15, 0.2) is 30.3 Å². The molecule has 10 heteroatoms. The molecule has 1 aromatic heterocycles. The minimum Gasteiger partial charge on any atom is -0.474 e. The Morgan fingerprint density at radius 3 is 2.73 bits per heavy atom. The lowest BCUT2D eigenvalue weighted by molar-refractivity contribution is -0.121. The summed E-state index contributed by atoms with van der Waals surface area (Å²) in [5.41, 5.74) is 2.82. The van der Waals surface area contributed by atoms with Crippen LogP contribution in [0.3, 0.4) is 0 Å². The van der Waals surface area contributed by atoms with E-state index in [1.807, 2.05) is 17.9 Å². The molecule has 2 N–H and O–H groups in total. The van der Waals surface area contributed by atoms with E-state index in [0.717, 1.165) is 56.4 Å². The number of aliphatic hydroxyl groups is 1. The third kappa shape index (κ3) is 6.41. The van der Waals surface area contributed by atoms with Gasteiger partial charge in [-0.1, -0.05) is 12.1 Å². The molecule has 3 aliphatic heterocycles. The Kier molecular flexibility index (Phi) is 8.55. The van der Waals surface area contributed by atoms with Crippen LogP contribution in [0.4, 0.5) is 10.1 Å². The molecule has 1 saturated carbocycles. The average Bonchev–Trinajstić information content (AvgIpc) is 3.81. The molecular weight excluding hydrogens is 525 g/mol. The molecule has 222 valence electrons. The number of piperazine rings is 1. The van der Waals surface area contributed by atoms with Crippen molar-refractivity contribution in [3.8, 4) is 5.88 Å². The first-order chi connectivity index (χ1) is 19.9. The Hall–Kier alpha value is -2.63. The summed E-state index contributed by atoms with van der Waals surface area (Å²) in [5.74, 6) is 0.838. The van der Waals surface area contributed by atoms with Gasteiger partial charge in [0.05, 0.1) is 38.1 Å². The number of hydrogen-bond donors (Lipinski definition) is 2. The number of carbonyl (C=O) groups excluding carboxylic acids is 1. The number of carbonyl (C=O) groups is 1. The number of benzene rings is 1. The number of hydrogen-bond acceptors (Lipinski definition) is 8. The van der Waals surface area contributed by atoms with Crippen LogP contribution in [0.5, 0.6) is 5.88 Å². The van der Waals surface area contributed by atoms with E-state index in [-0.39, 0.29) is 30.4 Å². The third-order valence-electron chi connectivity index (χ3n) is 8.98. The van der Waals surface area contributed by atoms with Crippen LogP contribution in [0.25, 0.3) is 0 Å². The molecule has 4 aliphatic rings. The average molecular weight is 568 g/mol. The number of aromatic nitrogens is 1. The molecule has 2 aromatic rings. The summed E-state index contributed by atoms with van der Waals surface area (Å²) in [6.07, 6.45) is 3.04. The van der Waals surface area contributed by atoms with Crippen LogP contribution in [0.2, 0.25) is 0 Å². The van der Waals surface area contributed by atoms with Crippen LogP contribution in [0.1, 0.15) is 43.5 Å². The fraction of sp³-hybridized carbons (Fsp3) is 0.613. The van der Waals surface area contributed by atoms with E-state index in [1.165, 1.54) is 25.0 Å². The molecule has 0 radical (unpaired) electrons. The Morgan fingerprint density at radius 1 is 1.17 bits per heavy atom. The molecular formula is C31H42FN5O4. The van der Waals surface area contributed by atoms with Crippen LogP contribution < -0.4 is 15.0 Å². The van der Waals surface area contributed by atoms with Crippen molar-refractivity contribution >= 4 is 11.6 Å². The monoisotopic (exact) mass is 567 g/mol. The van der Waals surface area contributed by atoms with Crippen molar-refractivity contribution in [2.75, 3.05) is 57.4 Å². The van der Waals surface area contributed by atoms with Gasteiger partial charge in [0.1, 0.15) is 18.1 Å². The molecule has 9 nitrogen and oxygen atoms in total. The predicted octanol–water partition coefficient (Wildman–Crippen LogP) is 2.19. The maximum atomic E-state index is 14.1. The molecule has 6 rings (SSSR count). The highest BCUT2D eigenvalue weighted by molar-refractivity contribution is 5.97. The van der Waals surface area contributed by atoms with Gasteiger partial charge in [-0.3, -0.25) is 14.6 Å². The normalized spacial score (nSPS) is 27.4. The number of rotatable bonds is 8. The number of pyridine rings is 1. The third-order valence-corrected chi connectivity index (χ3v) is 8.98. The van der Waals surface area contributed by atoms with E-state index in [2.05, 4.69) is 27.0 Å². The number of morpholine rings is 1. The van der Waals surface area contributed by atoms with E-state index < -0.39 is 0 Å². The second-order valence-corrected chi connectivity index (χ2v) is 12.2. The molecule has 3 fully saturated rings. The number of ether oxygens (including phenoxy) is 2. The summed E-state index contributed by atoms with van der Waals surface area (Å²) in [6.45, 7) is 9.67. The van der Waals surface area contributed by atoms with E-state index in [1.54, 1.807) is 12.1 Å². The first-order valence-electron chi connectivity index (χ1n) is 15.0. The summed E-state index contributed by atoms with van der Waals surface area (Å²) in [6, 6.07) is 9.08. The van der Waals surface area contributed by atoms with Gasteiger partial charge in [-0.25, -0.2) is 9.37 Å². The van der Waals surface area contributed by atoms with Crippen molar-refractivity contribution < 1.29 is 23.8 Å². The zero-order valence-electron chi connectivity index (χ0n) is 24.1. The first-order valence-corrected chi connectivity index (χ1v) is 15.0. The molecule has 2 saturated heterocycles. The second-order valence-electron chi connectivity index (χ2n) is 12.2. The van der Waals surface area contributed by atoms with Gasteiger partial charge in [0.2, 0.25) is 11.8 Å². The predicted molar refractivity (Wildman–Crippen MR) is 154 cm³/mol.